The molecule has 0 radical (unpaired) electrons. The van der Waals surface area contributed by atoms with Gasteiger partial charge < -0.3 is 5.32 Å². The lowest BCUT2D eigenvalue weighted by atomic mass is 10.4. The van der Waals surface area contributed by atoms with Crippen molar-refractivity contribution in [2.75, 3.05) is 22.6 Å². The summed E-state index contributed by atoms with van der Waals surface area (Å²) >= 11 is 3.60. The number of hydrogen-bond acceptors (Lipinski definition) is 4. The zero-order chi connectivity index (χ0) is 12.3. The maximum atomic E-state index is 12.1. The van der Waals surface area contributed by atoms with Crippen LogP contribution in [-0.2, 0) is 4.79 Å². The Kier molecular flexibility index (Phi) is 4.39. The van der Waals surface area contributed by atoms with Crippen molar-refractivity contribution in [3.8, 4) is 0 Å². The average molecular weight is 271 g/mol. The monoisotopic (exact) mass is 271 g/mol. The number of hydrogen-bond donors (Lipinski definition) is 1. The Morgan fingerprint density at radius 1 is 1.59 bits per heavy atom. The first-order valence-electron chi connectivity index (χ1n) is 5.72. The van der Waals surface area contributed by atoms with Gasteiger partial charge in [-0.15, -0.1) is 11.8 Å². The van der Waals surface area contributed by atoms with Gasteiger partial charge in [0.05, 0.1) is 11.4 Å². The summed E-state index contributed by atoms with van der Waals surface area (Å²) in [5.74, 6) is 4.02. The molecule has 0 aliphatic carbocycles. The minimum Gasteiger partial charge on any atom is -0.310 e. The third-order valence-corrected chi connectivity index (χ3v) is 5.27. The fourth-order valence-corrected chi connectivity index (χ4v) is 4.23. The van der Waals surface area contributed by atoms with Crippen molar-refractivity contribution in [2.45, 2.75) is 25.1 Å². The maximum absolute atomic E-state index is 12.1. The molecule has 1 N–H and O–H groups in total. The van der Waals surface area contributed by atoms with Crippen molar-refractivity contribution in [2.24, 2.45) is 0 Å². The highest BCUT2D eigenvalue weighted by Gasteiger charge is 2.23. The van der Waals surface area contributed by atoms with Crippen LogP contribution in [0, 0.1) is 0 Å². The fraction of sp³-hybridized carbons (Fsp3) is 0.636. The van der Waals surface area contributed by atoms with Gasteiger partial charge in [0.15, 0.2) is 0 Å². The van der Waals surface area contributed by atoms with Crippen molar-refractivity contribution < 1.29 is 4.79 Å². The molecule has 6 heteroatoms. The molecule has 94 valence electrons. The van der Waals surface area contributed by atoms with Gasteiger partial charge in [-0.05, 0) is 13.8 Å². The SMILES string of the molecule is CC(C)n1nccc1NC(=O)C1CSCCS1. The Morgan fingerprint density at radius 3 is 3.06 bits per heavy atom. The number of anilines is 1. The van der Waals surface area contributed by atoms with E-state index in [9.17, 15) is 4.79 Å². The van der Waals surface area contributed by atoms with Crippen LogP contribution in [0.25, 0.3) is 0 Å². The number of aromatic nitrogens is 2. The molecule has 1 aliphatic heterocycles. The van der Waals surface area contributed by atoms with E-state index in [0.717, 1.165) is 23.1 Å². The summed E-state index contributed by atoms with van der Waals surface area (Å²) < 4.78 is 1.83. The lowest BCUT2D eigenvalue weighted by molar-refractivity contribution is -0.115. The molecule has 0 bridgehead atoms. The summed E-state index contributed by atoms with van der Waals surface area (Å²) in [5.41, 5.74) is 0. The topological polar surface area (TPSA) is 46.9 Å². The van der Waals surface area contributed by atoms with Gasteiger partial charge in [0.1, 0.15) is 5.82 Å². The molecule has 17 heavy (non-hydrogen) atoms. The quantitative estimate of drug-likeness (QED) is 0.916. The highest BCUT2D eigenvalue weighted by Crippen LogP contribution is 2.25. The van der Waals surface area contributed by atoms with Gasteiger partial charge in [-0.1, -0.05) is 0 Å². The molecule has 1 aromatic heterocycles. The predicted molar refractivity (Wildman–Crippen MR) is 74.8 cm³/mol. The molecule has 2 rings (SSSR count). The summed E-state index contributed by atoms with van der Waals surface area (Å²) in [6.45, 7) is 4.10. The summed E-state index contributed by atoms with van der Waals surface area (Å²) in [6.07, 6.45) is 1.72. The zero-order valence-corrected chi connectivity index (χ0v) is 11.7. The van der Waals surface area contributed by atoms with Crippen LogP contribution in [-0.4, -0.2) is 38.2 Å². The Morgan fingerprint density at radius 2 is 2.41 bits per heavy atom. The first-order valence-corrected chi connectivity index (χ1v) is 7.92. The number of carbonyl (C=O) groups is 1. The molecule has 4 nitrogen and oxygen atoms in total. The van der Waals surface area contributed by atoms with E-state index in [4.69, 9.17) is 0 Å². The highest BCUT2D eigenvalue weighted by molar-refractivity contribution is 8.07. The van der Waals surface area contributed by atoms with E-state index in [1.807, 2.05) is 36.4 Å². The Hall–Kier alpha value is -0.620. The van der Waals surface area contributed by atoms with Crippen LogP contribution in [0.5, 0.6) is 0 Å². The molecule has 2 heterocycles. The van der Waals surface area contributed by atoms with Crippen molar-refractivity contribution in [3.63, 3.8) is 0 Å². The van der Waals surface area contributed by atoms with Gasteiger partial charge in [0, 0.05) is 29.4 Å². The molecular weight excluding hydrogens is 254 g/mol. The molecule has 0 saturated carbocycles. The zero-order valence-electron chi connectivity index (χ0n) is 10.0. The first-order chi connectivity index (χ1) is 8.18. The number of thioether (sulfide) groups is 2. The molecule has 1 unspecified atom stereocenters. The van der Waals surface area contributed by atoms with Crippen LogP contribution < -0.4 is 5.32 Å². The van der Waals surface area contributed by atoms with E-state index in [1.165, 1.54) is 0 Å². The van der Waals surface area contributed by atoms with Crippen LogP contribution in [0.4, 0.5) is 5.82 Å². The van der Waals surface area contributed by atoms with Crippen molar-refractivity contribution in [1.29, 1.82) is 0 Å². The lowest BCUT2D eigenvalue weighted by Crippen LogP contribution is -2.31. The summed E-state index contributed by atoms with van der Waals surface area (Å²) in [6, 6.07) is 2.10. The number of nitrogens with zero attached hydrogens (tertiary/aromatic N) is 2. The molecular formula is C11H17N3OS2. The summed E-state index contributed by atoms with van der Waals surface area (Å²) in [7, 11) is 0. The molecule has 0 spiro atoms. The van der Waals surface area contributed by atoms with Gasteiger partial charge in [-0.2, -0.15) is 16.9 Å². The van der Waals surface area contributed by atoms with E-state index in [1.54, 1.807) is 18.0 Å². The van der Waals surface area contributed by atoms with Gasteiger partial charge >= 0.3 is 0 Å². The average Bonchev–Trinajstić information content (AvgIpc) is 2.78. The summed E-state index contributed by atoms with van der Waals surface area (Å²) in [5, 5.41) is 7.25. The summed E-state index contributed by atoms with van der Waals surface area (Å²) in [4.78, 5) is 12.1. The van der Waals surface area contributed by atoms with Crippen molar-refractivity contribution in [1.82, 2.24) is 9.78 Å². The molecule has 1 atom stereocenters. The molecule has 1 fully saturated rings. The molecule has 1 aromatic rings. The van der Waals surface area contributed by atoms with E-state index < -0.39 is 0 Å². The van der Waals surface area contributed by atoms with Crippen LogP contribution in [0.1, 0.15) is 19.9 Å². The van der Waals surface area contributed by atoms with Crippen LogP contribution in [0.3, 0.4) is 0 Å². The fourth-order valence-electron chi connectivity index (χ4n) is 1.67. The smallest absolute Gasteiger partial charge is 0.239 e. The van der Waals surface area contributed by atoms with Crippen molar-refractivity contribution in [3.05, 3.63) is 12.3 Å². The number of rotatable bonds is 3. The first kappa shape index (κ1) is 12.8. The Bertz CT molecular complexity index is 386. The van der Waals surface area contributed by atoms with Gasteiger partial charge in [0.2, 0.25) is 5.91 Å². The van der Waals surface area contributed by atoms with Crippen LogP contribution in [0.15, 0.2) is 12.3 Å². The Labute approximate surface area is 110 Å². The lowest BCUT2D eigenvalue weighted by Gasteiger charge is -2.20. The third-order valence-electron chi connectivity index (χ3n) is 2.52. The number of carbonyl (C=O) groups excluding carboxylic acids is 1. The van der Waals surface area contributed by atoms with Crippen LogP contribution in [0.2, 0.25) is 0 Å². The van der Waals surface area contributed by atoms with E-state index in [0.29, 0.717) is 0 Å². The molecule has 1 amide bonds. The largest absolute Gasteiger partial charge is 0.310 e. The van der Waals surface area contributed by atoms with E-state index in [-0.39, 0.29) is 17.2 Å². The number of nitrogens with one attached hydrogen (secondary N) is 1. The normalized spacial score (nSPS) is 20.5. The third kappa shape index (κ3) is 3.19. The minimum atomic E-state index is 0.0734. The van der Waals surface area contributed by atoms with E-state index >= 15 is 0 Å². The molecule has 0 aromatic carbocycles. The molecule has 1 saturated heterocycles. The predicted octanol–water partition coefficient (Wildman–Crippen LogP) is 2.25. The Balaban J connectivity index is 1.99. The second-order valence-electron chi connectivity index (χ2n) is 4.18. The van der Waals surface area contributed by atoms with Gasteiger partial charge in [0.25, 0.3) is 0 Å². The number of amides is 1. The second kappa shape index (κ2) is 5.82. The van der Waals surface area contributed by atoms with Crippen molar-refractivity contribution >= 4 is 35.2 Å². The second-order valence-corrected chi connectivity index (χ2v) is 6.64. The standard InChI is InChI=1S/C11H17N3OS2/c1-8(2)14-10(3-4-12-14)13-11(15)9-7-16-5-6-17-9/h3-4,8-9H,5-7H2,1-2H3,(H,13,15). The highest BCUT2D eigenvalue weighted by atomic mass is 32.2. The molecule has 1 aliphatic rings. The van der Waals surface area contributed by atoms with Gasteiger partial charge in [-0.25, -0.2) is 4.68 Å². The van der Waals surface area contributed by atoms with E-state index in [2.05, 4.69) is 10.4 Å². The maximum Gasteiger partial charge on any atom is 0.239 e. The minimum absolute atomic E-state index is 0.0734. The van der Waals surface area contributed by atoms with Crippen LogP contribution >= 0.6 is 23.5 Å². The van der Waals surface area contributed by atoms with Gasteiger partial charge in [-0.3, -0.25) is 4.79 Å².